The van der Waals surface area contributed by atoms with Crippen molar-refractivity contribution in [2.75, 3.05) is 0 Å². The normalized spacial score (nSPS) is 11.5. The maximum absolute atomic E-state index is 11.9. The highest BCUT2D eigenvalue weighted by atomic mass is 16.3. The molecule has 0 bridgehead atoms. The lowest BCUT2D eigenvalue weighted by Crippen LogP contribution is -2.18. The SMILES string of the molecule is [O-]C(=Nc1nn[nH]n1)c1ccc(-c2ccccc2)cc1. The van der Waals surface area contributed by atoms with Gasteiger partial charge in [-0.25, -0.2) is 4.99 Å². The average Bonchev–Trinajstić information content (AvgIpc) is 3.01. The Balaban J connectivity index is 1.87. The first-order chi connectivity index (χ1) is 9.83. The van der Waals surface area contributed by atoms with E-state index in [0.717, 1.165) is 11.1 Å². The van der Waals surface area contributed by atoms with Crippen molar-refractivity contribution in [1.29, 1.82) is 0 Å². The van der Waals surface area contributed by atoms with E-state index in [1.165, 1.54) is 0 Å². The van der Waals surface area contributed by atoms with E-state index in [4.69, 9.17) is 0 Å². The van der Waals surface area contributed by atoms with Crippen molar-refractivity contribution in [3.8, 4) is 11.1 Å². The van der Waals surface area contributed by atoms with Crippen LogP contribution in [-0.2, 0) is 0 Å². The predicted molar refractivity (Wildman–Crippen MR) is 72.3 cm³/mol. The second-order valence-corrected chi connectivity index (χ2v) is 4.07. The van der Waals surface area contributed by atoms with E-state index in [-0.39, 0.29) is 5.95 Å². The van der Waals surface area contributed by atoms with Gasteiger partial charge in [0, 0.05) is 0 Å². The second-order valence-electron chi connectivity index (χ2n) is 4.07. The molecule has 1 N–H and O–H groups in total. The van der Waals surface area contributed by atoms with E-state index in [2.05, 4.69) is 25.6 Å². The number of aliphatic imine (C=N–C) groups is 1. The van der Waals surface area contributed by atoms with Gasteiger partial charge in [0.15, 0.2) is 0 Å². The highest BCUT2D eigenvalue weighted by Gasteiger charge is 1.99. The molecule has 0 spiro atoms. The van der Waals surface area contributed by atoms with Crippen molar-refractivity contribution in [2.24, 2.45) is 4.99 Å². The maximum atomic E-state index is 11.9. The molecule has 98 valence electrons. The first kappa shape index (κ1) is 12.0. The quantitative estimate of drug-likeness (QED) is 0.570. The number of tetrazole rings is 1. The summed E-state index contributed by atoms with van der Waals surface area (Å²) in [4.78, 5) is 3.74. The van der Waals surface area contributed by atoms with E-state index in [1.807, 2.05) is 42.5 Å². The molecule has 0 atom stereocenters. The Hall–Kier alpha value is -3.02. The van der Waals surface area contributed by atoms with Crippen LogP contribution in [0.5, 0.6) is 0 Å². The lowest BCUT2D eigenvalue weighted by Gasteiger charge is -2.10. The van der Waals surface area contributed by atoms with Gasteiger partial charge in [-0.2, -0.15) is 5.21 Å². The number of hydrogen-bond acceptors (Lipinski definition) is 5. The Morgan fingerprint density at radius 2 is 1.65 bits per heavy atom. The highest BCUT2D eigenvalue weighted by Crippen LogP contribution is 2.19. The lowest BCUT2D eigenvalue weighted by atomic mass is 10.0. The molecule has 0 radical (unpaired) electrons. The summed E-state index contributed by atoms with van der Waals surface area (Å²) in [6.07, 6.45) is 0. The molecule has 1 heterocycles. The van der Waals surface area contributed by atoms with Gasteiger partial charge in [-0.1, -0.05) is 59.7 Å². The number of hydrogen-bond donors (Lipinski definition) is 1. The van der Waals surface area contributed by atoms with E-state index in [9.17, 15) is 5.11 Å². The highest BCUT2D eigenvalue weighted by molar-refractivity contribution is 5.92. The van der Waals surface area contributed by atoms with Gasteiger partial charge in [0.2, 0.25) is 0 Å². The third-order valence-electron chi connectivity index (χ3n) is 2.77. The Morgan fingerprint density at radius 3 is 2.30 bits per heavy atom. The van der Waals surface area contributed by atoms with Crippen LogP contribution in [0.3, 0.4) is 0 Å². The fourth-order valence-corrected chi connectivity index (χ4v) is 1.80. The molecule has 6 heteroatoms. The number of aromatic amines is 1. The standard InChI is InChI=1S/C14H11N5O/c20-13(15-14-16-18-19-17-14)12-8-6-11(7-9-12)10-4-2-1-3-5-10/h1-9H,(H2,15,16,17,18,19,20)/p-1. The molecule has 0 aliphatic carbocycles. The number of nitrogens with one attached hydrogen (secondary N) is 1. The molecule has 3 aromatic rings. The van der Waals surface area contributed by atoms with Crippen LogP contribution in [0.2, 0.25) is 0 Å². The first-order valence-electron chi connectivity index (χ1n) is 5.98. The lowest BCUT2D eigenvalue weighted by molar-refractivity contribution is -0.212. The summed E-state index contributed by atoms with van der Waals surface area (Å²) < 4.78 is 0. The topological polar surface area (TPSA) is 89.9 Å². The van der Waals surface area contributed by atoms with Gasteiger partial charge in [-0.3, -0.25) is 0 Å². The summed E-state index contributed by atoms with van der Waals surface area (Å²) >= 11 is 0. The van der Waals surface area contributed by atoms with Crippen molar-refractivity contribution < 1.29 is 5.11 Å². The molecular formula is C14H10N5O-. The molecule has 3 rings (SSSR count). The molecule has 20 heavy (non-hydrogen) atoms. The van der Waals surface area contributed by atoms with Gasteiger partial charge < -0.3 is 5.11 Å². The van der Waals surface area contributed by atoms with Crippen LogP contribution in [0.15, 0.2) is 59.6 Å². The number of benzene rings is 2. The molecular weight excluding hydrogens is 254 g/mol. The van der Waals surface area contributed by atoms with Gasteiger partial charge >= 0.3 is 0 Å². The molecule has 0 fully saturated rings. The molecule has 1 aromatic heterocycles. The van der Waals surface area contributed by atoms with E-state index < -0.39 is 5.90 Å². The second kappa shape index (κ2) is 5.31. The zero-order chi connectivity index (χ0) is 13.8. The van der Waals surface area contributed by atoms with Gasteiger partial charge in [0.1, 0.15) is 0 Å². The smallest absolute Gasteiger partial charge is 0.288 e. The Kier molecular flexibility index (Phi) is 3.20. The van der Waals surface area contributed by atoms with Crippen molar-refractivity contribution >= 4 is 11.8 Å². The molecule has 6 nitrogen and oxygen atoms in total. The Labute approximate surface area is 114 Å². The van der Waals surface area contributed by atoms with Crippen LogP contribution in [0, 0.1) is 0 Å². The fraction of sp³-hybridized carbons (Fsp3) is 0. The summed E-state index contributed by atoms with van der Waals surface area (Å²) in [6, 6.07) is 17.2. The molecule has 0 aliphatic rings. The minimum Gasteiger partial charge on any atom is -0.858 e. The van der Waals surface area contributed by atoms with Gasteiger partial charge in [0.05, 0.1) is 0 Å². The zero-order valence-electron chi connectivity index (χ0n) is 10.4. The van der Waals surface area contributed by atoms with E-state index in [1.54, 1.807) is 12.1 Å². The van der Waals surface area contributed by atoms with Gasteiger partial charge in [-0.05, 0) is 27.8 Å². The molecule has 0 aliphatic heterocycles. The van der Waals surface area contributed by atoms with Crippen molar-refractivity contribution in [3.63, 3.8) is 0 Å². The van der Waals surface area contributed by atoms with E-state index >= 15 is 0 Å². The average molecular weight is 264 g/mol. The monoisotopic (exact) mass is 264 g/mol. The first-order valence-corrected chi connectivity index (χ1v) is 5.98. The summed E-state index contributed by atoms with van der Waals surface area (Å²) in [5.41, 5.74) is 2.62. The summed E-state index contributed by atoms with van der Waals surface area (Å²) in [7, 11) is 0. The number of nitrogens with zero attached hydrogens (tertiary/aromatic N) is 4. The molecule has 0 saturated heterocycles. The Morgan fingerprint density at radius 1 is 0.950 bits per heavy atom. The third-order valence-corrected chi connectivity index (χ3v) is 2.77. The fourth-order valence-electron chi connectivity index (χ4n) is 1.80. The van der Waals surface area contributed by atoms with Crippen LogP contribution in [0.1, 0.15) is 5.56 Å². The van der Waals surface area contributed by atoms with Crippen molar-refractivity contribution in [3.05, 3.63) is 60.2 Å². The maximum Gasteiger partial charge on any atom is 0.288 e. The zero-order valence-corrected chi connectivity index (χ0v) is 10.4. The summed E-state index contributed by atoms with van der Waals surface area (Å²) in [6.45, 7) is 0. The predicted octanol–water partition coefficient (Wildman–Crippen LogP) is 1.31. The van der Waals surface area contributed by atoms with Crippen LogP contribution in [0.25, 0.3) is 11.1 Å². The summed E-state index contributed by atoms with van der Waals surface area (Å²) in [5, 5.41) is 24.7. The number of H-pyrrole nitrogens is 1. The number of rotatable bonds is 3. The molecule has 0 unspecified atom stereocenters. The van der Waals surface area contributed by atoms with Crippen LogP contribution in [-0.4, -0.2) is 26.5 Å². The van der Waals surface area contributed by atoms with E-state index in [0.29, 0.717) is 5.56 Å². The minimum absolute atomic E-state index is 0.0298. The van der Waals surface area contributed by atoms with Crippen LogP contribution in [0.4, 0.5) is 5.95 Å². The molecule has 0 amide bonds. The van der Waals surface area contributed by atoms with Gasteiger partial charge in [-0.15, -0.1) is 5.10 Å². The van der Waals surface area contributed by atoms with Gasteiger partial charge in [0.25, 0.3) is 5.95 Å². The minimum atomic E-state index is -0.397. The third kappa shape index (κ3) is 2.54. The number of aromatic nitrogens is 4. The van der Waals surface area contributed by atoms with Crippen molar-refractivity contribution in [1.82, 2.24) is 20.6 Å². The summed E-state index contributed by atoms with van der Waals surface area (Å²) in [5.74, 6) is -0.367. The van der Waals surface area contributed by atoms with Crippen LogP contribution >= 0.6 is 0 Å². The largest absolute Gasteiger partial charge is 0.858 e. The van der Waals surface area contributed by atoms with Crippen molar-refractivity contribution in [2.45, 2.75) is 0 Å². The Bertz CT molecular complexity index is 705. The molecule has 2 aromatic carbocycles. The van der Waals surface area contributed by atoms with Crippen LogP contribution < -0.4 is 5.11 Å². The molecule has 0 saturated carbocycles.